The van der Waals surface area contributed by atoms with Gasteiger partial charge in [-0.3, -0.25) is 0 Å². The number of aryl methyl sites for hydroxylation is 1. The van der Waals surface area contributed by atoms with E-state index in [-0.39, 0.29) is 5.82 Å². The molecular formula is C17H20FNO2. The molecule has 2 aromatic rings. The molecule has 0 unspecified atom stereocenters. The Morgan fingerprint density at radius 1 is 0.905 bits per heavy atom. The Morgan fingerprint density at radius 3 is 2.14 bits per heavy atom. The third-order valence-electron chi connectivity index (χ3n) is 3.34. The zero-order valence-electron chi connectivity index (χ0n) is 12.6. The number of benzene rings is 2. The average Bonchev–Trinajstić information content (AvgIpc) is 2.50. The Bertz CT molecular complexity index is 614. The summed E-state index contributed by atoms with van der Waals surface area (Å²) in [6.45, 7) is 3.05. The normalized spacial score (nSPS) is 10.5. The van der Waals surface area contributed by atoms with Gasteiger partial charge >= 0.3 is 0 Å². The summed E-state index contributed by atoms with van der Waals surface area (Å²) in [5.74, 6) is 1.25. The molecule has 0 fully saturated rings. The molecule has 0 aliphatic carbocycles. The van der Waals surface area contributed by atoms with E-state index in [1.165, 1.54) is 0 Å². The van der Waals surface area contributed by atoms with Crippen LogP contribution < -0.4 is 14.8 Å². The van der Waals surface area contributed by atoms with Crippen LogP contribution in [-0.4, -0.2) is 14.2 Å². The summed E-state index contributed by atoms with van der Waals surface area (Å²) in [7, 11) is 3.23. The SMILES string of the molecule is COc1ccc(CNCc2ccc(C)c(F)c2)cc1OC. The molecule has 0 radical (unpaired) electrons. The zero-order valence-corrected chi connectivity index (χ0v) is 12.6. The Hall–Kier alpha value is -2.07. The van der Waals surface area contributed by atoms with E-state index in [1.807, 2.05) is 24.3 Å². The Kier molecular flexibility index (Phi) is 5.17. The van der Waals surface area contributed by atoms with Crippen molar-refractivity contribution in [2.75, 3.05) is 14.2 Å². The largest absolute Gasteiger partial charge is 0.493 e. The molecule has 0 aromatic heterocycles. The van der Waals surface area contributed by atoms with Crippen molar-refractivity contribution in [3.8, 4) is 11.5 Å². The minimum absolute atomic E-state index is 0.166. The quantitative estimate of drug-likeness (QED) is 0.883. The summed E-state index contributed by atoms with van der Waals surface area (Å²) in [4.78, 5) is 0. The van der Waals surface area contributed by atoms with Crippen LogP contribution in [0.5, 0.6) is 11.5 Å². The highest BCUT2D eigenvalue weighted by Crippen LogP contribution is 2.27. The van der Waals surface area contributed by atoms with Crippen LogP contribution >= 0.6 is 0 Å². The van der Waals surface area contributed by atoms with Gasteiger partial charge in [0.2, 0.25) is 0 Å². The molecule has 21 heavy (non-hydrogen) atoms. The smallest absolute Gasteiger partial charge is 0.161 e. The number of methoxy groups -OCH3 is 2. The maximum atomic E-state index is 13.5. The monoisotopic (exact) mass is 289 g/mol. The third kappa shape index (κ3) is 3.95. The molecule has 1 N–H and O–H groups in total. The summed E-state index contributed by atoms with van der Waals surface area (Å²) in [6.07, 6.45) is 0. The molecule has 0 heterocycles. The van der Waals surface area contributed by atoms with Crippen LogP contribution in [0.2, 0.25) is 0 Å². The van der Waals surface area contributed by atoms with Gasteiger partial charge in [0.15, 0.2) is 11.5 Å². The summed E-state index contributed by atoms with van der Waals surface area (Å²) in [5.41, 5.74) is 2.68. The summed E-state index contributed by atoms with van der Waals surface area (Å²) in [6, 6.07) is 11.1. The van der Waals surface area contributed by atoms with Crippen molar-refractivity contribution in [3.05, 3.63) is 58.9 Å². The van der Waals surface area contributed by atoms with Gasteiger partial charge in [0, 0.05) is 13.1 Å². The van der Waals surface area contributed by atoms with Gasteiger partial charge in [0.05, 0.1) is 14.2 Å². The van der Waals surface area contributed by atoms with E-state index in [9.17, 15) is 4.39 Å². The predicted octanol–water partition coefficient (Wildman–Crippen LogP) is 3.44. The van der Waals surface area contributed by atoms with Gasteiger partial charge in [-0.1, -0.05) is 18.2 Å². The molecule has 0 aliphatic rings. The molecule has 3 nitrogen and oxygen atoms in total. The maximum absolute atomic E-state index is 13.5. The fourth-order valence-electron chi connectivity index (χ4n) is 2.09. The Morgan fingerprint density at radius 2 is 1.52 bits per heavy atom. The van der Waals surface area contributed by atoms with Crippen LogP contribution in [0.25, 0.3) is 0 Å². The van der Waals surface area contributed by atoms with Crippen LogP contribution in [0.15, 0.2) is 36.4 Å². The molecule has 112 valence electrons. The van der Waals surface area contributed by atoms with Crippen molar-refractivity contribution in [1.29, 1.82) is 0 Å². The highest BCUT2D eigenvalue weighted by atomic mass is 19.1. The lowest BCUT2D eigenvalue weighted by molar-refractivity contribution is 0.354. The summed E-state index contributed by atoms with van der Waals surface area (Å²) >= 11 is 0. The third-order valence-corrected chi connectivity index (χ3v) is 3.34. The van der Waals surface area contributed by atoms with Crippen LogP contribution in [-0.2, 0) is 13.1 Å². The van der Waals surface area contributed by atoms with Crippen LogP contribution in [0, 0.1) is 12.7 Å². The lowest BCUT2D eigenvalue weighted by Crippen LogP contribution is -2.13. The summed E-state index contributed by atoms with van der Waals surface area (Å²) in [5, 5.41) is 3.29. The first kappa shape index (κ1) is 15.3. The lowest BCUT2D eigenvalue weighted by atomic mass is 10.1. The van der Waals surface area contributed by atoms with Gasteiger partial charge < -0.3 is 14.8 Å². The number of halogens is 1. The molecule has 0 aliphatic heterocycles. The number of hydrogen-bond donors (Lipinski definition) is 1. The first-order valence-electron chi connectivity index (χ1n) is 6.80. The molecule has 0 bridgehead atoms. The minimum Gasteiger partial charge on any atom is -0.493 e. The van der Waals surface area contributed by atoms with E-state index in [0.717, 1.165) is 11.1 Å². The van der Waals surface area contributed by atoms with Gasteiger partial charge in [0.1, 0.15) is 5.82 Å². The van der Waals surface area contributed by atoms with Gasteiger partial charge in [0.25, 0.3) is 0 Å². The van der Waals surface area contributed by atoms with Crippen LogP contribution in [0.3, 0.4) is 0 Å². The molecular weight excluding hydrogens is 269 g/mol. The lowest BCUT2D eigenvalue weighted by Gasteiger charge is -2.10. The molecule has 2 rings (SSSR count). The summed E-state index contributed by atoms with van der Waals surface area (Å²) < 4.78 is 23.9. The number of hydrogen-bond acceptors (Lipinski definition) is 3. The zero-order chi connectivity index (χ0) is 15.2. The highest BCUT2D eigenvalue weighted by molar-refractivity contribution is 5.42. The van der Waals surface area contributed by atoms with Gasteiger partial charge in [-0.15, -0.1) is 0 Å². The number of ether oxygens (including phenoxy) is 2. The number of nitrogens with one attached hydrogen (secondary N) is 1. The van der Waals surface area contributed by atoms with E-state index in [4.69, 9.17) is 9.47 Å². The minimum atomic E-state index is -0.166. The highest BCUT2D eigenvalue weighted by Gasteiger charge is 2.04. The molecule has 2 aromatic carbocycles. The molecule has 4 heteroatoms. The fraction of sp³-hybridized carbons (Fsp3) is 0.294. The van der Waals surface area contributed by atoms with Gasteiger partial charge in [-0.2, -0.15) is 0 Å². The van der Waals surface area contributed by atoms with Crippen molar-refractivity contribution in [2.24, 2.45) is 0 Å². The second-order valence-electron chi connectivity index (χ2n) is 4.88. The van der Waals surface area contributed by atoms with Gasteiger partial charge in [-0.25, -0.2) is 4.39 Å². The van der Waals surface area contributed by atoms with Crippen molar-refractivity contribution < 1.29 is 13.9 Å². The molecule has 0 saturated heterocycles. The first-order valence-corrected chi connectivity index (χ1v) is 6.80. The van der Waals surface area contributed by atoms with E-state index >= 15 is 0 Å². The van der Waals surface area contributed by atoms with Gasteiger partial charge in [-0.05, 0) is 41.8 Å². The average molecular weight is 289 g/mol. The molecule has 0 atom stereocenters. The van der Waals surface area contributed by atoms with E-state index in [0.29, 0.717) is 30.2 Å². The molecule has 0 amide bonds. The second-order valence-corrected chi connectivity index (χ2v) is 4.88. The topological polar surface area (TPSA) is 30.5 Å². The fourth-order valence-corrected chi connectivity index (χ4v) is 2.09. The first-order chi connectivity index (χ1) is 10.1. The van der Waals surface area contributed by atoms with E-state index < -0.39 is 0 Å². The Balaban J connectivity index is 1.95. The number of rotatable bonds is 6. The van der Waals surface area contributed by atoms with E-state index in [2.05, 4.69) is 5.32 Å². The van der Waals surface area contributed by atoms with Crippen molar-refractivity contribution in [1.82, 2.24) is 5.32 Å². The Labute approximate surface area is 124 Å². The predicted molar refractivity (Wildman–Crippen MR) is 81.2 cm³/mol. The second kappa shape index (κ2) is 7.09. The molecule has 0 saturated carbocycles. The van der Waals surface area contributed by atoms with Crippen molar-refractivity contribution in [3.63, 3.8) is 0 Å². The van der Waals surface area contributed by atoms with Crippen LogP contribution in [0.1, 0.15) is 16.7 Å². The van der Waals surface area contributed by atoms with Crippen molar-refractivity contribution in [2.45, 2.75) is 20.0 Å². The maximum Gasteiger partial charge on any atom is 0.161 e. The van der Waals surface area contributed by atoms with Crippen LogP contribution in [0.4, 0.5) is 4.39 Å². The van der Waals surface area contributed by atoms with E-state index in [1.54, 1.807) is 33.3 Å². The van der Waals surface area contributed by atoms with Crippen molar-refractivity contribution >= 4 is 0 Å². The standard InChI is InChI=1S/C17H20FNO2/c1-12-4-5-13(8-15(12)18)10-19-11-14-6-7-16(20-2)17(9-14)21-3/h4-9,19H,10-11H2,1-3H3. The molecule has 0 spiro atoms.